The maximum Gasteiger partial charge on any atom is 0.240 e. The first kappa shape index (κ1) is 14.9. The number of hydrogen-bond acceptors (Lipinski definition) is 5. The molecule has 0 aliphatic carbocycles. The molecule has 6 nitrogen and oxygen atoms in total. The van der Waals surface area contributed by atoms with E-state index in [0.717, 1.165) is 42.2 Å². The highest BCUT2D eigenvalue weighted by Crippen LogP contribution is 2.28. The molecule has 1 aromatic carbocycles. The van der Waals surface area contributed by atoms with Crippen LogP contribution in [0.2, 0.25) is 0 Å². The predicted molar refractivity (Wildman–Crippen MR) is 90.0 cm³/mol. The summed E-state index contributed by atoms with van der Waals surface area (Å²) >= 11 is 0. The van der Waals surface area contributed by atoms with Crippen molar-refractivity contribution < 1.29 is 9.21 Å². The van der Waals surface area contributed by atoms with Gasteiger partial charge in [-0.2, -0.15) is 5.10 Å². The minimum atomic E-state index is -0.00525. The molecule has 1 N–H and O–H groups in total. The first-order valence-corrected chi connectivity index (χ1v) is 8.40. The molecule has 3 heterocycles. The molecule has 2 aliphatic heterocycles. The van der Waals surface area contributed by atoms with Gasteiger partial charge in [0.1, 0.15) is 11.6 Å². The third-order valence-corrected chi connectivity index (χ3v) is 4.66. The van der Waals surface area contributed by atoms with E-state index in [-0.39, 0.29) is 11.8 Å². The predicted octanol–water partition coefficient (Wildman–Crippen LogP) is 2.56. The monoisotopic (exact) mass is 324 g/mol. The van der Waals surface area contributed by atoms with E-state index in [1.165, 1.54) is 0 Å². The highest BCUT2D eigenvalue weighted by atomic mass is 16.4. The Balaban J connectivity index is 1.58. The molecule has 24 heavy (non-hydrogen) atoms. The normalized spacial score (nSPS) is 20.4. The molecule has 1 aromatic heterocycles. The second kappa shape index (κ2) is 6.11. The largest absolute Gasteiger partial charge is 0.439 e. The molecule has 0 bridgehead atoms. The topological polar surface area (TPSA) is 70.7 Å². The van der Waals surface area contributed by atoms with E-state index in [1.54, 1.807) is 0 Å². The zero-order valence-electron chi connectivity index (χ0n) is 13.7. The molecule has 1 unspecified atom stereocenters. The molecule has 0 saturated carbocycles. The molecule has 2 aromatic rings. The van der Waals surface area contributed by atoms with Crippen molar-refractivity contribution >= 4 is 11.7 Å². The summed E-state index contributed by atoms with van der Waals surface area (Å²) in [7, 11) is 0. The van der Waals surface area contributed by atoms with Crippen molar-refractivity contribution in [3.8, 4) is 11.5 Å². The second-order valence-corrected chi connectivity index (χ2v) is 6.24. The van der Waals surface area contributed by atoms with Gasteiger partial charge in [0.25, 0.3) is 0 Å². The van der Waals surface area contributed by atoms with Crippen LogP contribution in [-0.4, -0.2) is 28.2 Å². The average molecular weight is 324 g/mol. The fourth-order valence-corrected chi connectivity index (χ4v) is 3.32. The van der Waals surface area contributed by atoms with Crippen molar-refractivity contribution in [2.75, 3.05) is 6.54 Å². The van der Waals surface area contributed by atoms with Crippen molar-refractivity contribution in [3.63, 3.8) is 0 Å². The Morgan fingerprint density at radius 1 is 1.33 bits per heavy atom. The smallest absolute Gasteiger partial charge is 0.240 e. The zero-order chi connectivity index (χ0) is 16.5. The molecule has 4 rings (SSSR count). The van der Waals surface area contributed by atoms with Crippen molar-refractivity contribution in [3.05, 3.63) is 41.8 Å². The first-order valence-electron chi connectivity index (χ1n) is 8.40. The SMILES string of the molecule is CCC1CC(=O)NN=C1N1CCc2nc(-c3ccccc3)oc2C1. The van der Waals surface area contributed by atoms with Gasteiger partial charge in [0.15, 0.2) is 0 Å². The van der Waals surface area contributed by atoms with Crippen LogP contribution in [0.5, 0.6) is 0 Å². The maximum atomic E-state index is 11.6. The number of carbonyl (C=O) groups excluding carboxylic acids is 1. The molecule has 6 heteroatoms. The van der Waals surface area contributed by atoms with Gasteiger partial charge in [0.05, 0.1) is 12.2 Å². The van der Waals surface area contributed by atoms with Gasteiger partial charge in [-0.1, -0.05) is 25.1 Å². The third kappa shape index (κ3) is 2.68. The van der Waals surface area contributed by atoms with Crippen LogP contribution in [0.15, 0.2) is 39.9 Å². The highest BCUT2D eigenvalue weighted by Gasteiger charge is 2.31. The number of fused-ring (bicyclic) bond motifs is 1. The van der Waals surface area contributed by atoms with E-state index >= 15 is 0 Å². The van der Waals surface area contributed by atoms with Crippen molar-refractivity contribution in [1.29, 1.82) is 0 Å². The lowest BCUT2D eigenvalue weighted by Gasteiger charge is -2.33. The van der Waals surface area contributed by atoms with Gasteiger partial charge < -0.3 is 9.32 Å². The van der Waals surface area contributed by atoms with E-state index in [4.69, 9.17) is 4.42 Å². The summed E-state index contributed by atoms with van der Waals surface area (Å²) in [4.78, 5) is 18.4. The van der Waals surface area contributed by atoms with Crippen LogP contribution < -0.4 is 5.43 Å². The number of hydrazone groups is 1. The molecule has 0 saturated heterocycles. The van der Waals surface area contributed by atoms with Gasteiger partial charge in [-0.25, -0.2) is 10.4 Å². The zero-order valence-corrected chi connectivity index (χ0v) is 13.7. The van der Waals surface area contributed by atoms with Crippen molar-refractivity contribution in [2.45, 2.75) is 32.7 Å². The Morgan fingerprint density at radius 2 is 2.17 bits per heavy atom. The summed E-state index contributed by atoms with van der Waals surface area (Å²) < 4.78 is 6.01. The van der Waals surface area contributed by atoms with E-state index < -0.39 is 0 Å². The summed E-state index contributed by atoms with van der Waals surface area (Å²) in [6, 6.07) is 9.95. The van der Waals surface area contributed by atoms with E-state index in [0.29, 0.717) is 18.9 Å². The number of benzene rings is 1. The first-order chi connectivity index (χ1) is 11.7. The van der Waals surface area contributed by atoms with Gasteiger partial charge in [-0.05, 0) is 18.6 Å². The molecule has 1 amide bonds. The average Bonchev–Trinajstić information content (AvgIpc) is 3.05. The number of amidine groups is 1. The Kier molecular flexibility index (Phi) is 3.80. The Bertz CT molecular complexity index is 782. The molecular formula is C18H20N4O2. The van der Waals surface area contributed by atoms with E-state index in [9.17, 15) is 4.79 Å². The van der Waals surface area contributed by atoms with Crippen LogP contribution >= 0.6 is 0 Å². The highest BCUT2D eigenvalue weighted by molar-refractivity contribution is 5.93. The number of nitrogens with one attached hydrogen (secondary N) is 1. The van der Waals surface area contributed by atoms with Crippen molar-refractivity contribution in [2.24, 2.45) is 11.0 Å². The Labute approximate surface area is 140 Å². The Morgan fingerprint density at radius 3 is 2.96 bits per heavy atom. The van der Waals surface area contributed by atoms with Gasteiger partial charge in [0.2, 0.25) is 11.8 Å². The lowest BCUT2D eigenvalue weighted by molar-refractivity contribution is -0.122. The maximum absolute atomic E-state index is 11.6. The molecule has 0 fully saturated rings. The van der Waals surface area contributed by atoms with Gasteiger partial charge >= 0.3 is 0 Å². The number of rotatable bonds is 2. The summed E-state index contributed by atoms with van der Waals surface area (Å²) in [5.41, 5.74) is 4.63. The standard InChI is InChI=1S/C18H20N4O2/c1-2-12-10-16(23)20-21-17(12)22-9-8-14-15(11-22)24-18(19-14)13-6-4-3-5-7-13/h3-7,12H,2,8-11H2,1H3,(H,20,23). The lowest BCUT2D eigenvalue weighted by atomic mass is 9.97. The number of hydrogen-bond donors (Lipinski definition) is 1. The number of aromatic nitrogens is 1. The van der Waals surface area contributed by atoms with Crippen molar-refractivity contribution in [1.82, 2.24) is 15.3 Å². The molecule has 1 atom stereocenters. The summed E-state index contributed by atoms with van der Waals surface area (Å²) in [6.45, 7) is 3.59. The quantitative estimate of drug-likeness (QED) is 0.921. The van der Waals surface area contributed by atoms with Crippen LogP contribution in [0.1, 0.15) is 31.2 Å². The van der Waals surface area contributed by atoms with E-state index in [1.807, 2.05) is 30.3 Å². The third-order valence-electron chi connectivity index (χ3n) is 4.66. The van der Waals surface area contributed by atoms with Crippen LogP contribution in [0, 0.1) is 5.92 Å². The fraction of sp³-hybridized carbons (Fsp3) is 0.389. The Hall–Kier alpha value is -2.63. The van der Waals surface area contributed by atoms with Gasteiger partial charge in [0, 0.05) is 30.9 Å². The van der Waals surface area contributed by atoms with Gasteiger partial charge in [-0.3, -0.25) is 4.79 Å². The van der Waals surface area contributed by atoms with E-state index in [2.05, 4.69) is 27.3 Å². The number of nitrogens with zero attached hydrogens (tertiary/aromatic N) is 3. The number of amides is 1. The molecule has 124 valence electrons. The minimum absolute atomic E-state index is 0.00525. The fourth-order valence-electron chi connectivity index (χ4n) is 3.32. The summed E-state index contributed by atoms with van der Waals surface area (Å²) in [5.74, 6) is 2.70. The van der Waals surface area contributed by atoms with Crippen LogP contribution in [-0.2, 0) is 17.8 Å². The van der Waals surface area contributed by atoms with Crippen LogP contribution in [0.3, 0.4) is 0 Å². The molecule has 0 spiro atoms. The summed E-state index contributed by atoms with van der Waals surface area (Å²) in [6.07, 6.45) is 2.24. The summed E-state index contributed by atoms with van der Waals surface area (Å²) in [5, 5.41) is 4.31. The molecule has 0 radical (unpaired) electrons. The number of carbonyl (C=O) groups is 1. The van der Waals surface area contributed by atoms with Gasteiger partial charge in [-0.15, -0.1) is 0 Å². The molecular weight excluding hydrogens is 304 g/mol. The lowest BCUT2D eigenvalue weighted by Crippen LogP contribution is -2.45. The number of oxazole rings is 1. The van der Waals surface area contributed by atoms with Crippen LogP contribution in [0.25, 0.3) is 11.5 Å². The molecule has 2 aliphatic rings. The minimum Gasteiger partial charge on any atom is -0.439 e. The van der Waals surface area contributed by atoms with Crippen LogP contribution in [0.4, 0.5) is 0 Å². The second-order valence-electron chi connectivity index (χ2n) is 6.24.